The van der Waals surface area contributed by atoms with Crippen LogP contribution < -0.4 is 5.01 Å². The summed E-state index contributed by atoms with van der Waals surface area (Å²) in [6.07, 6.45) is 2.74. The lowest BCUT2D eigenvalue weighted by Gasteiger charge is -2.31. The van der Waals surface area contributed by atoms with Crippen LogP contribution in [0, 0.1) is 5.82 Å². The topological polar surface area (TPSA) is 70.0 Å². The molecule has 28 heavy (non-hydrogen) atoms. The van der Waals surface area contributed by atoms with Gasteiger partial charge in [-0.15, -0.1) is 0 Å². The maximum Gasteiger partial charge on any atom is 0.286 e. The third kappa shape index (κ3) is 3.40. The predicted molar refractivity (Wildman–Crippen MR) is 104 cm³/mol. The van der Waals surface area contributed by atoms with E-state index in [0.717, 1.165) is 24.8 Å². The number of para-hydroxylation sites is 1. The second-order valence-corrected chi connectivity index (χ2v) is 8.75. The maximum atomic E-state index is 13.2. The molecule has 1 saturated heterocycles. The molecular weight excluding hydrogens is 381 g/mol. The van der Waals surface area contributed by atoms with Crippen molar-refractivity contribution in [2.24, 2.45) is 5.10 Å². The second-order valence-electron chi connectivity index (χ2n) is 6.91. The lowest BCUT2D eigenvalue weighted by atomic mass is 10.1. The van der Waals surface area contributed by atoms with Gasteiger partial charge in [-0.05, 0) is 49.1 Å². The first kappa shape index (κ1) is 18.6. The first-order chi connectivity index (χ1) is 13.5. The van der Waals surface area contributed by atoms with Crippen molar-refractivity contribution < 1.29 is 17.6 Å². The number of hydrazone groups is 1. The Labute approximate surface area is 163 Å². The van der Waals surface area contributed by atoms with Crippen molar-refractivity contribution in [3.63, 3.8) is 0 Å². The van der Waals surface area contributed by atoms with Crippen LogP contribution in [0.1, 0.15) is 24.8 Å². The number of fused-ring (bicyclic) bond motifs is 1. The number of hydrogen-bond acceptors (Lipinski definition) is 5. The largest absolute Gasteiger partial charge is 0.337 e. The van der Waals surface area contributed by atoms with Crippen molar-refractivity contribution in [2.45, 2.75) is 30.7 Å². The fourth-order valence-electron chi connectivity index (χ4n) is 3.49. The number of nitrogens with zero attached hydrogens (tertiary/aromatic N) is 3. The smallest absolute Gasteiger partial charge is 0.286 e. The molecule has 2 aromatic carbocycles. The van der Waals surface area contributed by atoms with Gasteiger partial charge < -0.3 is 4.90 Å². The van der Waals surface area contributed by atoms with E-state index in [0.29, 0.717) is 18.8 Å². The van der Waals surface area contributed by atoms with Crippen molar-refractivity contribution in [1.29, 1.82) is 0 Å². The minimum atomic E-state index is -4.01. The van der Waals surface area contributed by atoms with Crippen LogP contribution in [0.2, 0.25) is 0 Å². The number of benzene rings is 2. The molecule has 6 nitrogen and oxygen atoms in total. The summed E-state index contributed by atoms with van der Waals surface area (Å²) in [5, 5.41) is 5.30. The summed E-state index contributed by atoms with van der Waals surface area (Å²) in [5.74, 6) is -0.909. The zero-order valence-corrected chi connectivity index (χ0v) is 16.0. The Hall–Kier alpha value is -2.74. The summed E-state index contributed by atoms with van der Waals surface area (Å²) in [6.45, 7) is 1.30. The Balaban J connectivity index is 1.75. The van der Waals surface area contributed by atoms with Gasteiger partial charge in [0.15, 0.2) is 0 Å². The van der Waals surface area contributed by atoms with E-state index < -0.39 is 20.8 Å². The molecule has 1 amide bonds. The summed E-state index contributed by atoms with van der Waals surface area (Å²) < 4.78 is 39.4. The van der Waals surface area contributed by atoms with Gasteiger partial charge in [0.1, 0.15) is 5.82 Å². The molecule has 0 N–H and O–H groups in total. The standard InChI is InChI=1S/C20H20FN3O3S/c21-16-10-8-15(9-11-16)14-24-17-6-2-3-7-18(17)28(26,27)19(22-24)20(25)23-12-4-1-5-13-23/h2-3,6-11H,1,4-5,12-14H2. The third-order valence-corrected chi connectivity index (χ3v) is 6.66. The predicted octanol–water partition coefficient (Wildman–Crippen LogP) is 2.95. The Morgan fingerprint density at radius 3 is 2.39 bits per heavy atom. The molecule has 2 aliphatic rings. The molecule has 146 valence electrons. The summed E-state index contributed by atoms with van der Waals surface area (Å²) in [7, 11) is -4.01. The molecule has 0 radical (unpaired) electrons. The number of halogens is 1. The summed E-state index contributed by atoms with van der Waals surface area (Å²) in [4.78, 5) is 14.6. The highest BCUT2D eigenvalue weighted by Gasteiger charge is 2.39. The zero-order chi connectivity index (χ0) is 19.7. The van der Waals surface area contributed by atoms with Gasteiger partial charge in [-0.1, -0.05) is 24.3 Å². The van der Waals surface area contributed by atoms with Crippen LogP contribution in [0.3, 0.4) is 0 Å². The fraction of sp³-hybridized carbons (Fsp3) is 0.300. The molecule has 1 fully saturated rings. The Morgan fingerprint density at radius 2 is 1.68 bits per heavy atom. The number of carbonyl (C=O) groups is 1. The van der Waals surface area contributed by atoms with Crippen molar-refractivity contribution in [3.05, 3.63) is 59.9 Å². The lowest BCUT2D eigenvalue weighted by Crippen LogP contribution is -2.45. The van der Waals surface area contributed by atoms with E-state index in [-0.39, 0.29) is 17.3 Å². The van der Waals surface area contributed by atoms with Crippen LogP contribution in [-0.4, -0.2) is 37.4 Å². The van der Waals surface area contributed by atoms with E-state index in [1.807, 2.05) is 0 Å². The van der Waals surface area contributed by atoms with Gasteiger partial charge in [0, 0.05) is 13.1 Å². The Morgan fingerprint density at radius 1 is 1.00 bits per heavy atom. The zero-order valence-electron chi connectivity index (χ0n) is 15.2. The van der Waals surface area contributed by atoms with E-state index in [1.54, 1.807) is 35.2 Å². The molecule has 0 aliphatic carbocycles. The molecule has 0 atom stereocenters. The maximum absolute atomic E-state index is 13.2. The molecule has 2 aliphatic heterocycles. The van der Waals surface area contributed by atoms with Gasteiger partial charge >= 0.3 is 0 Å². The first-order valence-corrected chi connectivity index (χ1v) is 10.7. The highest BCUT2D eigenvalue weighted by molar-refractivity contribution is 8.08. The molecular formula is C20H20FN3O3S. The van der Waals surface area contributed by atoms with Crippen LogP contribution in [-0.2, 0) is 21.2 Å². The van der Waals surface area contributed by atoms with E-state index >= 15 is 0 Å². The number of piperidine rings is 1. The van der Waals surface area contributed by atoms with Crippen molar-refractivity contribution >= 4 is 26.5 Å². The van der Waals surface area contributed by atoms with Crippen LogP contribution >= 0.6 is 0 Å². The molecule has 8 heteroatoms. The van der Waals surface area contributed by atoms with Crippen LogP contribution in [0.15, 0.2) is 58.5 Å². The van der Waals surface area contributed by atoms with Crippen LogP contribution in [0.5, 0.6) is 0 Å². The quantitative estimate of drug-likeness (QED) is 0.793. The van der Waals surface area contributed by atoms with Gasteiger partial charge in [-0.3, -0.25) is 9.80 Å². The van der Waals surface area contributed by atoms with Gasteiger partial charge in [0.2, 0.25) is 14.9 Å². The van der Waals surface area contributed by atoms with Crippen molar-refractivity contribution in [3.8, 4) is 0 Å². The van der Waals surface area contributed by atoms with Gasteiger partial charge in [0.05, 0.1) is 17.1 Å². The minimum absolute atomic E-state index is 0.0625. The van der Waals surface area contributed by atoms with E-state index in [1.165, 1.54) is 23.2 Å². The monoisotopic (exact) mass is 401 g/mol. The van der Waals surface area contributed by atoms with Gasteiger partial charge in [-0.2, -0.15) is 5.10 Å². The normalized spacial score (nSPS) is 18.4. The molecule has 0 bridgehead atoms. The van der Waals surface area contributed by atoms with E-state index in [2.05, 4.69) is 5.10 Å². The second kappa shape index (κ2) is 7.35. The molecule has 0 unspecified atom stereocenters. The summed E-state index contributed by atoms with van der Waals surface area (Å²) >= 11 is 0. The number of anilines is 1. The molecule has 0 aromatic heterocycles. The average Bonchev–Trinajstić information content (AvgIpc) is 2.72. The van der Waals surface area contributed by atoms with E-state index in [9.17, 15) is 17.6 Å². The van der Waals surface area contributed by atoms with Crippen molar-refractivity contribution in [2.75, 3.05) is 18.1 Å². The van der Waals surface area contributed by atoms with Gasteiger partial charge in [0.25, 0.3) is 5.91 Å². The van der Waals surface area contributed by atoms with Crippen molar-refractivity contribution in [1.82, 2.24) is 4.90 Å². The first-order valence-electron chi connectivity index (χ1n) is 9.21. The molecule has 0 saturated carbocycles. The minimum Gasteiger partial charge on any atom is -0.337 e. The fourth-order valence-corrected chi connectivity index (χ4v) is 4.97. The highest BCUT2D eigenvalue weighted by Crippen LogP contribution is 2.33. The molecule has 2 aromatic rings. The summed E-state index contributed by atoms with van der Waals surface area (Å²) in [5.41, 5.74) is 1.16. The Kier molecular flexibility index (Phi) is 4.89. The lowest BCUT2D eigenvalue weighted by molar-refractivity contribution is -0.124. The summed E-state index contributed by atoms with van der Waals surface area (Å²) in [6, 6.07) is 12.4. The number of likely N-dealkylation sites (tertiary alicyclic amines) is 1. The third-order valence-electron chi connectivity index (χ3n) is 4.97. The average molecular weight is 401 g/mol. The number of hydrogen-bond donors (Lipinski definition) is 0. The number of carbonyl (C=O) groups excluding carboxylic acids is 1. The SMILES string of the molecule is O=C(C1=NN(Cc2ccc(F)cc2)c2ccccc2S1(=O)=O)N1CCCCC1. The van der Waals surface area contributed by atoms with Crippen LogP contribution in [0.4, 0.5) is 10.1 Å². The van der Waals surface area contributed by atoms with Gasteiger partial charge in [-0.25, -0.2) is 12.8 Å². The number of rotatable bonds is 3. The molecule has 2 heterocycles. The molecule has 0 spiro atoms. The van der Waals surface area contributed by atoms with Crippen LogP contribution in [0.25, 0.3) is 0 Å². The number of amides is 1. The highest BCUT2D eigenvalue weighted by atomic mass is 32.2. The molecule has 4 rings (SSSR count). The Bertz CT molecular complexity index is 1030. The van der Waals surface area contributed by atoms with E-state index in [4.69, 9.17) is 0 Å². The number of sulfone groups is 1.